The number of benzene rings is 1. The first-order chi connectivity index (χ1) is 14.0. The molecule has 0 aliphatic rings. The SMILES string of the molecule is Cc1c(COC(=O)C(NC(=O)OC(C)(C)C)C(C)C)cccc1[C@H](C)c1c[nH]cn1. The Labute approximate surface area is 178 Å². The minimum atomic E-state index is -0.786. The fraction of sp³-hybridized carbons (Fsp3) is 0.522. The molecule has 1 aromatic carbocycles. The number of esters is 1. The molecule has 0 aliphatic carbocycles. The van der Waals surface area contributed by atoms with Crippen LogP contribution in [0, 0.1) is 12.8 Å². The molecule has 1 aromatic heterocycles. The molecule has 30 heavy (non-hydrogen) atoms. The van der Waals surface area contributed by atoms with E-state index in [0.717, 1.165) is 22.4 Å². The Balaban J connectivity index is 2.07. The van der Waals surface area contributed by atoms with E-state index in [-0.39, 0.29) is 18.4 Å². The number of amides is 1. The monoisotopic (exact) mass is 415 g/mol. The van der Waals surface area contributed by atoms with Crippen LogP contribution in [0.5, 0.6) is 0 Å². The average Bonchev–Trinajstić information content (AvgIpc) is 3.17. The number of ether oxygens (including phenoxy) is 2. The van der Waals surface area contributed by atoms with Crippen LogP contribution in [-0.2, 0) is 20.9 Å². The molecule has 2 N–H and O–H groups in total. The molecule has 7 nitrogen and oxygen atoms in total. The number of carbonyl (C=O) groups is 2. The first-order valence-electron chi connectivity index (χ1n) is 10.2. The zero-order valence-corrected chi connectivity index (χ0v) is 18.9. The Morgan fingerprint density at radius 3 is 2.47 bits per heavy atom. The first-order valence-corrected chi connectivity index (χ1v) is 10.2. The number of hydrogen-bond donors (Lipinski definition) is 2. The van der Waals surface area contributed by atoms with Gasteiger partial charge in [0.25, 0.3) is 0 Å². The molecule has 2 rings (SSSR count). The van der Waals surface area contributed by atoms with Crippen molar-refractivity contribution in [1.29, 1.82) is 0 Å². The van der Waals surface area contributed by atoms with Gasteiger partial charge in [0, 0.05) is 12.1 Å². The maximum absolute atomic E-state index is 12.7. The lowest BCUT2D eigenvalue weighted by atomic mass is 9.91. The fourth-order valence-electron chi connectivity index (χ4n) is 3.17. The minimum absolute atomic E-state index is 0.115. The third kappa shape index (κ3) is 6.34. The molecule has 0 bridgehead atoms. The molecule has 0 spiro atoms. The third-order valence-corrected chi connectivity index (χ3v) is 4.88. The molecule has 0 fully saturated rings. The van der Waals surface area contributed by atoms with Crippen LogP contribution in [0.2, 0.25) is 0 Å². The molecule has 2 atom stereocenters. The van der Waals surface area contributed by atoms with Crippen LogP contribution in [0.3, 0.4) is 0 Å². The molecule has 0 saturated heterocycles. The first kappa shape index (κ1) is 23.4. The number of imidazole rings is 1. The lowest BCUT2D eigenvalue weighted by molar-refractivity contribution is -0.148. The van der Waals surface area contributed by atoms with Crippen LogP contribution < -0.4 is 5.32 Å². The van der Waals surface area contributed by atoms with Gasteiger partial charge in [0.1, 0.15) is 18.2 Å². The minimum Gasteiger partial charge on any atom is -0.459 e. The number of carbonyl (C=O) groups excluding carboxylic acids is 2. The van der Waals surface area contributed by atoms with Gasteiger partial charge in [-0.2, -0.15) is 0 Å². The maximum atomic E-state index is 12.7. The smallest absolute Gasteiger partial charge is 0.408 e. The molecular formula is C23H33N3O4. The van der Waals surface area contributed by atoms with Crippen molar-refractivity contribution in [1.82, 2.24) is 15.3 Å². The quantitative estimate of drug-likeness (QED) is 0.651. The molecule has 1 amide bonds. The van der Waals surface area contributed by atoms with Crippen LogP contribution in [0.25, 0.3) is 0 Å². The van der Waals surface area contributed by atoms with Crippen LogP contribution in [-0.4, -0.2) is 33.7 Å². The van der Waals surface area contributed by atoms with Crippen molar-refractivity contribution in [2.75, 3.05) is 0 Å². The number of rotatable bonds is 7. The fourth-order valence-corrected chi connectivity index (χ4v) is 3.17. The maximum Gasteiger partial charge on any atom is 0.408 e. The number of H-pyrrole nitrogens is 1. The summed E-state index contributed by atoms with van der Waals surface area (Å²) in [6.45, 7) is 13.2. The van der Waals surface area contributed by atoms with Crippen LogP contribution in [0.1, 0.15) is 69.8 Å². The molecule has 7 heteroatoms. The summed E-state index contributed by atoms with van der Waals surface area (Å²) >= 11 is 0. The highest BCUT2D eigenvalue weighted by molar-refractivity contribution is 5.81. The van der Waals surface area contributed by atoms with Crippen molar-refractivity contribution >= 4 is 12.1 Å². The van der Waals surface area contributed by atoms with E-state index in [0.29, 0.717) is 0 Å². The summed E-state index contributed by atoms with van der Waals surface area (Å²) in [6, 6.07) is 5.16. The van der Waals surface area contributed by atoms with Gasteiger partial charge in [0.05, 0.1) is 12.0 Å². The normalized spacial score (nSPS) is 13.6. The van der Waals surface area contributed by atoms with Gasteiger partial charge in [-0.25, -0.2) is 14.6 Å². The Morgan fingerprint density at radius 2 is 1.90 bits per heavy atom. The summed E-state index contributed by atoms with van der Waals surface area (Å²) in [6.07, 6.45) is 2.91. The number of alkyl carbamates (subject to hydrolysis) is 1. The largest absolute Gasteiger partial charge is 0.459 e. The molecule has 0 saturated carbocycles. The van der Waals surface area contributed by atoms with E-state index >= 15 is 0 Å². The van der Waals surface area contributed by atoms with Crippen molar-refractivity contribution in [3.8, 4) is 0 Å². The van der Waals surface area contributed by atoms with E-state index in [4.69, 9.17) is 9.47 Å². The number of nitrogens with zero attached hydrogens (tertiary/aromatic N) is 1. The summed E-state index contributed by atoms with van der Waals surface area (Å²) in [5.41, 5.74) is 3.42. The Kier molecular flexibility index (Phi) is 7.65. The van der Waals surface area contributed by atoms with E-state index in [1.807, 2.05) is 39.1 Å². The number of aromatic amines is 1. The summed E-state index contributed by atoms with van der Waals surface area (Å²) in [4.78, 5) is 32.1. The second kappa shape index (κ2) is 9.78. The van der Waals surface area contributed by atoms with E-state index in [2.05, 4.69) is 28.3 Å². The molecule has 1 unspecified atom stereocenters. The van der Waals surface area contributed by atoms with Crippen molar-refractivity contribution in [3.63, 3.8) is 0 Å². The van der Waals surface area contributed by atoms with Crippen molar-refractivity contribution in [2.45, 2.75) is 72.6 Å². The summed E-state index contributed by atoms with van der Waals surface area (Å²) in [5, 5.41) is 2.62. The van der Waals surface area contributed by atoms with Crippen LogP contribution in [0.4, 0.5) is 4.79 Å². The van der Waals surface area contributed by atoms with E-state index < -0.39 is 23.7 Å². The average molecular weight is 416 g/mol. The highest BCUT2D eigenvalue weighted by atomic mass is 16.6. The standard InChI is InChI=1S/C23H33N3O4/c1-14(2)20(26-22(28)30-23(5,6)7)21(27)29-12-17-9-8-10-18(15(17)3)16(4)19-11-24-13-25-19/h8-11,13-14,16,20H,12H2,1-7H3,(H,24,25)(H,26,28)/t16-,20?/m0/s1. The van der Waals surface area contributed by atoms with Crippen molar-refractivity contribution in [3.05, 3.63) is 53.1 Å². The Morgan fingerprint density at radius 1 is 1.20 bits per heavy atom. The topological polar surface area (TPSA) is 93.3 Å². The van der Waals surface area contributed by atoms with Crippen LogP contribution >= 0.6 is 0 Å². The summed E-state index contributed by atoms with van der Waals surface area (Å²) in [5.74, 6) is -0.512. The second-order valence-electron chi connectivity index (χ2n) is 8.82. The molecular weight excluding hydrogens is 382 g/mol. The van der Waals surface area contributed by atoms with Gasteiger partial charge < -0.3 is 19.8 Å². The summed E-state index contributed by atoms with van der Waals surface area (Å²) < 4.78 is 10.8. The van der Waals surface area contributed by atoms with Gasteiger partial charge >= 0.3 is 12.1 Å². The van der Waals surface area contributed by atoms with E-state index in [9.17, 15) is 9.59 Å². The van der Waals surface area contributed by atoms with Gasteiger partial charge in [-0.3, -0.25) is 0 Å². The molecule has 1 heterocycles. The van der Waals surface area contributed by atoms with E-state index in [1.165, 1.54) is 0 Å². The number of aromatic nitrogens is 2. The molecule has 0 aliphatic heterocycles. The second-order valence-corrected chi connectivity index (χ2v) is 8.82. The van der Waals surface area contributed by atoms with Crippen molar-refractivity contribution < 1.29 is 19.1 Å². The molecule has 0 radical (unpaired) electrons. The Bertz CT molecular complexity index is 854. The van der Waals surface area contributed by atoms with Gasteiger partial charge in [-0.05, 0) is 50.3 Å². The van der Waals surface area contributed by atoms with Gasteiger partial charge in [0.2, 0.25) is 0 Å². The lowest BCUT2D eigenvalue weighted by Crippen LogP contribution is -2.47. The lowest BCUT2D eigenvalue weighted by Gasteiger charge is -2.25. The van der Waals surface area contributed by atoms with Gasteiger partial charge in [-0.15, -0.1) is 0 Å². The van der Waals surface area contributed by atoms with E-state index in [1.54, 1.807) is 27.1 Å². The van der Waals surface area contributed by atoms with Gasteiger partial charge in [0.15, 0.2) is 0 Å². The predicted octanol–water partition coefficient (Wildman–Crippen LogP) is 4.46. The van der Waals surface area contributed by atoms with Gasteiger partial charge in [-0.1, -0.05) is 39.0 Å². The zero-order valence-electron chi connectivity index (χ0n) is 18.9. The number of hydrogen-bond acceptors (Lipinski definition) is 5. The molecule has 164 valence electrons. The highest BCUT2D eigenvalue weighted by Crippen LogP contribution is 2.27. The van der Waals surface area contributed by atoms with Crippen molar-refractivity contribution in [2.24, 2.45) is 5.92 Å². The van der Waals surface area contributed by atoms with Crippen LogP contribution in [0.15, 0.2) is 30.7 Å². The third-order valence-electron chi connectivity index (χ3n) is 4.88. The summed E-state index contributed by atoms with van der Waals surface area (Å²) in [7, 11) is 0. The Hall–Kier alpha value is -2.83. The highest BCUT2D eigenvalue weighted by Gasteiger charge is 2.28. The predicted molar refractivity (Wildman–Crippen MR) is 115 cm³/mol. The number of nitrogens with one attached hydrogen (secondary N) is 2. The molecule has 2 aromatic rings. The zero-order chi connectivity index (χ0) is 22.5.